The van der Waals surface area contributed by atoms with Crippen LogP contribution in [0.15, 0.2) is 77.7 Å². The van der Waals surface area contributed by atoms with Crippen molar-refractivity contribution in [1.29, 1.82) is 0 Å². The minimum absolute atomic E-state index is 0.0462. The third-order valence-corrected chi connectivity index (χ3v) is 5.71. The number of anilines is 3. The Labute approximate surface area is 191 Å². The molecule has 172 valence electrons. The second-order valence-corrected chi connectivity index (χ2v) is 8.59. The van der Waals surface area contributed by atoms with Gasteiger partial charge >= 0.3 is 0 Å². The van der Waals surface area contributed by atoms with Crippen molar-refractivity contribution in [2.45, 2.75) is 11.8 Å². The molecule has 0 saturated carbocycles. The highest BCUT2D eigenvalue weighted by atomic mass is 32.2. The van der Waals surface area contributed by atoms with Crippen LogP contribution in [0.1, 0.15) is 6.92 Å². The monoisotopic (exact) mass is 469 g/mol. The molecule has 0 saturated heterocycles. The summed E-state index contributed by atoms with van der Waals surface area (Å²) in [7, 11) is -2.26. The summed E-state index contributed by atoms with van der Waals surface area (Å²) in [6.07, 6.45) is 0. The third-order valence-electron chi connectivity index (χ3n) is 4.31. The van der Waals surface area contributed by atoms with Gasteiger partial charge in [0.15, 0.2) is 6.61 Å². The first-order valence-electron chi connectivity index (χ1n) is 9.82. The highest BCUT2D eigenvalue weighted by Crippen LogP contribution is 2.21. The molecule has 0 radical (unpaired) electrons. The van der Waals surface area contributed by atoms with Gasteiger partial charge in [-0.3, -0.25) is 14.3 Å². The van der Waals surface area contributed by atoms with E-state index >= 15 is 0 Å². The number of amides is 2. The Morgan fingerprint density at radius 3 is 2.03 bits per heavy atom. The zero-order valence-corrected chi connectivity index (χ0v) is 18.8. The minimum Gasteiger partial charge on any atom is -0.497 e. The fourth-order valence-electron chi connectivity index (χ4n) is 2.81. The SMILES string of the molecule is COc1ccc(NS(=O)(=O)c2ccc(OCC(=O)Nc3cccc(NC(C)=O)c3)cc2)cc1. The number of ether oxygens (including phenoxy) is 2. The van der Waals surface area contributed by atoms with Gasteiger partial charge in [0.1, 0.15) is 11.5 Å². The van der Waals surface area contributed by atoms with Gasteiger partial charge in [-0.05, 0) is 66.7 Å². The maximum absolute atomic E-state index is 12.6. The average molecular weight is 470 g/mol. The number of methoxy groups -OCH3 is 1. The summed E-state index contributed by atoms with van der Waals surface area (Å²) in [5.74, 6) is 0.323. The van der Waals surface area contributed by atoms with E-state index in [2.05, 4.69) is 15.4 Å². The van der Waals surface area contributed by atoms with Crippen LogP contribution in [-0.2, 0) is 19.6 Å². The maximum Gasteiger partial charge on any atom is 0.262 e. The molecule has 10 heteroatoms. The van der Waals surface area contributed by atoms with E-state index in [1.165, 1.54) is 38.3 Å². The Kier molecular flexibility index (Phi) is 7.52. The van der Waals surface area contributed by atoms with Gasteiger partial charge in [-0.2, -0.15) is 0 Å². The van der Waals surface area contributed by atoms with E-state index < -0.39 is 15.9 Å². The van der Waals surface area contributed by atoms with Crippen molar-refractivity contribution < 1.29 is 27.5 Å². The van der Waals surface area contributed by atoms with Crippen LogP contribution in [0.4, 0.5) is 17.1 Å². The molecular weight excluding hydrogens is 446 g/mol. The van der Waals surface area contributed by atoms with Crippen molar-refractivity contribution in [1.82, 2.24) is 0 Å². The largest absolute Gasteiger partial charge is 0.497 e. The summed E-state index contributed by atoms with van der Waals surface area (Å²) in [6, 6.07) is 18.9. The molecule has 9 nitrogen and oxygen atoms in total. The number of rotatable bonds is 9. The molecule has 0 fully saturated rings. The molecule has 0 aliphatic heterocycles. The van der Waals surface area contributed by atoms with E-state index in [0.717, 1.165) is 0 Å². The Morgan fingerprint density at radius 1 is 0.818 bits per heavy atom. The van der Waals surface area contributed by atoms with Crippen molar-refractivity contribution in [2.24, 2.45) is 0 Å². The van der Waals surface area contributed by atoms with Crippen LogP contribution in [0, 0.1) is 0 Å². The van der Waals surface area contributed by atoms with E-state index in [0.29, 0.717) is 28.6 Å². The Bertz CT molecular complexity index is 1230. The number of benzene rings is 3. The van der Waals surface area contributed by atoms with Crippen LogP contribution in [-0.4, -0.2) is 33.9 Å². The second kappa shape index (κ2) is 10.5. The summed E-state index contributed by atoms with van der Waals surface area (Å²) in [4.78, 5) is 23.3. The number of carbonyl (C=O) groups is 2. The van der Waals surface area contributed by atoms with E-state index in [1.54, 1.807) is 48.5 Å². The van der Waals surface area contributed by atoms with Gasteiger partial charge in [-0.25, -0.2) is 8.42 Å². The summed E-state index contributed by atoms with van der Waals surface area (Å²) in [6.45, 7) is 1.12. The summed E-state index contributed by atoms with van der Waals surface area (Å²) in [5.41, 5.74) is 1.46. The van der Waals surface area contributed by atoms with Gasteiger partial charge < -0.3 is 20.1 Å². The molecule has 3 aromatic rings. The van der Waals surface area contributed by atoms with Gasteiger partial charge in [0.25, 0.3) is 15.9 Å². The van der Waals surface area contributed by atoms with Crippen molar-refractivity contribution in [3.63, 3.8) is 0 Å². The fraction of sp³-hybridized carbons (Fsp3) is 0.130. The number of nitrogens with one attached hydrogen (secondary N) is 3. The lowest BCUT2D eigenvalue weighted by Crippen LogP contribution is -2.20. The Balaban J connectivity index is 1.55. The highest BCUT2D eigenvalue weighted by molar-refractivity contribution is 7.92. The molecule has 3 rings (SSSR count). The second-order valence-electron chi connectivity index (χ2n) is 6.90. The topological polar surface area (TPSA) is 123 Å². The van der Waals surface area contributed by atoms with Crippen LogP contribution in [0.3, 0.4) is 0 Å². The molecule has 0 aliphatic rings. The Hall–Kier alpha value is -4.05. The zero-order chi connectivity index (χ0) is 23.8. The number of carbonyl (C=O) groups excluding carboxylic acids is 2. The number of sulfonamides is 1. The van der Waals surface area contributed by atoms with E-state index in [9.17, 15) is 18.0 Å². The third kappa shape index (κ3) is 6.97. The first kappa shape index (κ1) is 23.6. The molecule has 0 aliphatic carbocycles. The smallest absolute Gasteiger partial charge is 0.262 e. The van der Waals surface area contributed by atoms with Gasteiger partial charge in [0.2, 0.25) is 5.91 Å². The zero-order valence-electron chi connectivity index (χ0n) is 18.0. The van der Waals surface area contributed by atoms with E-state index in [1.807, 2.05) is 0 Å². The van der Waals surface area contributed by atoms with Crippen molar-refractivity contribution in [3.05, 3.63) is 72.8 Å². The van der Waals surface area contributed by atoms with Crippen molar-refractivity contribution >= 4 is 38.9 Å². The van der Waals surface area contributed by atoms with Crippen LogP contribution in [0.25, 0.3) is 0 Å². The lowest BCUT2D eigenvalue weighted by molar-refractivity contribution is -0.118. The van der Waals surface area contributed by atoms with Crippen LogP contribution < -0.4 is 24.8 Å². The quantitative estimate of drug-likeness (QED) is 0.441. The highest BCUT2D eigenvalue weighted by Gasteiger charge is 2.14. The fourth-order valence-corrected chi connectivity index (χ4v) is 3.87. The van der Waals surface area contributed by atoms with E-state index in [4.69, 9.17) is 9.47 Å². The van der Waals surface area contributed by atoms with Gasteiger partial charge in [0, 0.05) is 24.0 Å². The molecule has 3 aromatic carbocycles. The Morgan fingerprint density at radius 2 is 1.42 bits per heavy atom. The summed E-state index contributed by atoms with van der Waals surface area (Å²) >= 11 is 0. The first-order valence-corrected chi connectivity index (χ1v) is 11.3. The summed E-state index contributed by atoms with van der Waals surface area (Å²) < 4.78 is 38.1. The molecule has 0 aromatic heterocycles. The van der Waals surface area contributed by atoms with Gasteiger partial charge in [0.05, 0.1) is 12.0 Å². The normalized spacial score (nSPS) is 10.7. The minimum atomic E-state index is -3.79. The summed E-state index contributed by atoms with van der Waals surface area (Å²) in [5, 5.41) is 5.30. The molecule has 0 unspecified atom stereocenters. The predicted octanol–water partition coefficient (Wildman–Crippen LogP) is 3.47. The van der Waals surface area contributed by atoms with Crippen molar-refractivity contribution in [3.8, 4) is 11.5 Å². The van der Waals surface area contributed by atoms with Gasteiger partial charge in [-0.15, -0.1) is 0 Å². The predicted molar refractivity (Wildman–Crippen MR) is 125 cm³/mol. The molecule has 0 heterocycles. The molecular formula is C23H23N3O6S. The lowest BCUT2D eigenvalue weighted by Gasteiger charge is -2.11. The molecule has 2 amide bonds. The maximum atomic E-state index is 12.6. The molecule has 0 bridgehead atoms. The first-order chi connectivity index (χ1) is 15.7. The number of hydrogen-bond acceptors (Lipinski definition) is 6. The average Bonchev–Trinajstić information content (AvgIpc) is 2.78. The lowest BCUT2D eigenvalue weighted by atomic mass is 10.2. The molecule has 33 heavy (non-hydrogen) atoms. The molecule has 3 N–H and O–H groups in total. The van der Waals surface area contributed by atoms with Gasteiger partial charge in [-0.1, -0.05) is 6.07 Å². The van der Waals surface area contributed by atoms with Crippen LogP contribution in [0.2, 0.25) is 0 Å². The molecule has 0 spiro atoms. The molecule has 0 atom stereocenters. The number of hydrogen-bond donors (Lipinski definition) is 3. The standard InChI is InChI=1S/C23H23N3O6S/c1-16(27)24-18-4-3-5-19(14-18)25-23(28)15-32-21-10-12-22(13-11-21)33(29,30)26-17-6-8-20(31-2)9-7-17/h3-14,26H,15H2,1-2H3,(H,24,27)(H,25,28). The van der Waals surface area contributed by atoms with Crippen LogP contribution in [0.5, 0.6) is 11.5 Å². The van der Waals surface area contributed by atoms with E-state index in [-0.39, 0.29) is 17.4 Å². The van der Waals surface area contributed by atoms with Crippen molar-refractivity contribution in [2.75, 3.05) is 29.1 Å². The van der Waals surface area contributed by atoms with Crippen LogP contribution >= 0.6 is 0 Å².